The van der Waals surface area contributed by atoms with Crippen LogP contribution in [-0.2, 0) is 0 Å². The van der Waals surface area contributed by atoms with Gasteiger partial charge in [0.2, 0.25) is 0 Å². The molecule has 0 aromatic carbocycles. The van der Waals surface area contributed by atoms with E-state index in [-0.39, 0.29) is 0 Å². The van der Waals surface area contributed by atoms with Crippen LogP contribution in [0.25, 0.3) is 0 Å². The highest BCUT2D eigenvalue weighted by Crippen LogP contribution is 2.23. The van der Waals surface area contributed by atoms with Gasteiger partial charge in [-0.1, -0.05) is 11.8 Å². The molecule has 0 spiro atoms. The molecule has 2 heterocycles. The van der Waals surface area contributed by atoms with Crippen LogP contribution in [0.2, 0.25) is 0 Å². The summed E-state index contributed by atoms with van der Waals surface area (Å²) in [5.41, 5.74) is 0. The molecule has 1 aliphatic heterocycles. The number of aromatic nitrogens is 2. The minimum absolute atomic E-state index is 0.851. The predicted molar refractivity (Wildman–Crippen MR) is 74.0 cm³/mol. The molecule has 1 N–H and O–H groups in total. The monoisotopic (exact) mass is 252 g/mol. The summed E-state index contributed by atoms with van der Waals surface area (Å²) in [4.78, 5) is 11.4. The first-order chi connectivity index (χ1) is 8.33. The van der Waals surface area contributed by atoms with Crippen LogP contribution >= 0.6 is 11.8 Å². The highest BCUT2D eigenvalue weighted by atomic mass is 32.2. The van der Waals surface area contributed by atoms with Crippen molar-refractivity contribution in [2.75, 3.05) is 36.1 Å². The summed E-state index contributed by atoms with van der Waals surface area (Å²) in [5.74, 6) is 2.01. The zero-order valence-corrected chi connectivity index (χ0v) is 11.4. The SMILES string of the molecule is CCNc1cc(N2CCCCC2)nc(SC)n1. The molecule has 0 unspecified atom stereocenters. The quantitative estimate of drug-likeness (QED) is 0.659. The van der Waals surface area contributed by atoms with Gasteiger partial charge in [-0.3, -0.25) is 0 Å². The third kappa shape index (κ3) is 3.25. The molecule has 17 heavy (non-hydrogen) atoms. The third-order valence-electron chi connectivity index (χ3n) is 2.91. The average molecular weight is 252 g/mol. The van der Waals surface area contributed by atoms with Crippen LogP contribution in [0.4, 0.5) is 11.6 Å². The van der Waals surface area contributed by atoms with Crippen LogP contribution in [0.3, 0.4) is 0 Å². The lowest BCUT2D eigenvalue weighted by Gasteiger charge is -2.28. The van der Waals surface area contributed by atoms with E-state index in [9.17, 15) is 0 Å². The van der Waals surface area contributed by atoms with Crippen molar-refractivity contribution in [1.29, 1.82) is 0 Å². The van der Waals surface area contributed by atoms with Gasteiger partial charge in [-0.05, 0) is 32.4 Å². The zero-order valence-electron chi connectivity index (χ0n) is 10.6. The second-order valence-electron chi connectivity index (χ2n) is 4.18. The average Bonchev–Trinajstić information content (AvgIpc) is 2.40. The lowest BCUT2D eigenvalue weighted by molar-refractivity contribution is 0.571. The highest BCUT2D eigenvalue weighted by Gasteiger charge is 2.14. The molecule has 0 atom stereocenters. The number of hydrogen-bond donors (Lipinski definition) is 1. The molecule has 0 radical (unpaired) electrons. The Hall–Kier alpha value is -0.970. The first-order valence-electron chi connectivity index (χ1n) is 6.25. The minimum atomic E-state index is 0.851. The topological polar surface area (TPSA) is 41.0 Å². The fourth-order valence-electron chi connectivity index (χ4n) is 2.06. The summed E-state index contributed by atoms with van der Waals surface area (Å²) >= 11 is 1.60. The van der Waals surface area contributed by atoms with Crippen molar-refractivity contribution in [3.8, 4) is 0 Å². The lowest BCUT2D eigenvalue weighted by Crippen LogP contribution is -2.30. The number of anilines is 2. The third-order valence-corrected chi connectivity index (χ3v) is 3.46. The summed E-state index contributed by atoms with van der Waals surface area (Å²) in [6.07, 6.45) is 5.91. The standard InChI is InChI=1S/C12H20N4S/c1-3-13-10-9-11(15-12(14-10)17-2)16-7-5-4-6-8-16/h9H,3-8H2,1-2H3,(H,13,14,15). The van der Waals surface area contributed by atoms with Gasteiger partial charge in [-0.15, -0.1) is 0 Å². The van der Waals surface area contributed by atoms with E-state index in [1.54, 1.807) is 11.8 Å². The predicted octanol–water partition coefficient (Wildman–Crippen LogP) is 2.62. The number of thioether (sulfide) groups is 1. The van der Waals surface area contributed by atoms with Gasteiger partial charge in [0.25, 0.3) is 0 Å². The molecule has 1 aromatic rings. The van der Waals surface area contributed by atoms with Crippen LogP contribution in [0, 0.1) is 0 Å². The summed E-state index contributed by atoms with van der Waals surface area (Å²) < 4.78 is 0. The van der Waals surface area contributed by atoms with Gasteiger partial charge in [0.05, 0.1) is 0 Å². The summed E-state index contributed by atoms with van der Waals surface area (Å²) in [5, 5.41) is 4.12. The summed E-state index contributed by atoms with van der Waals surface area (Å²) in [6, 6.07) is 2.06. The molecule has 1 aliphatic rings. The van der Waals surface area contributed by atoms with Gasteiger partial charge in [-0.25, -0.2) is 9.97 Å². The van der Waals surface area contributed by atoms with Crippen LogP contribution < -0.4 is 10.2 Å². The Morgan fingerprint density at radius 3 is 2.71 bits per heavy atom. The van der Waals surface area contributed by atoms with Crippen molar-refractivity contribution in [2.24, 2.45) is 0 Å². The van der Waals surface area contributed by atoms with E-state index >= 15 is 0 Å². The maximum Gasteiger partial charge on any atom is 0.191 e. The van der Waals surface area contributed by atoms with Crippen molar-refractivity contribution < 1.29 is 0 Å². The Balaban J connectivity index is 2.21. The maximum atomic E-state index is 4.60. The van der Waals surface area contributed by atoms with E-state index in [0.29, 0.717) is 0 Å². The molecule has 5 heteroatoms. The summed E-state index contributed by atoms with van der Waals surface area (Å²) in [7, 11) is 0. The normalized spacial score (nSPS) is 16.0. The molecular formula is C12H20N4S. The molecule has 0 aliphatic carbocycles. The molecule has 0 saturated carbocycles. The van der Waals surface area contributed by atoms with E-state index < -0.39 is 0 Å². The highest BCUT2D eigenvalue weighted by molar-refractivity contribution is 7.98. The Kier molecular flexibility index (Phi) is 4.48. The van der Waals surface area contributed by atoms with Gasteiger partial charge >= 0.3 is 0 Å². The largest absolute Gasteiger partial charge is 0.370 e. The second kappa shape index (κ2) is 6.10. The van der Waals surface area contributed by atoms with Gasteiger partial charge in [0.1, 0.15) is 11.6 Å². The first-order valence-corrected chi connectivity index (χ1v) is 7.48. The Labute approximate surface area is 107 Å². The van der Waals surface area contributed by atoms with Crippen molar-refractivity contribution in [3.63, 3.8) is 0 Å². The van der Waals surface area contributed by atoms with Crippen LogP contribution in [0.15, 0.2) is 11.2 Å². The maximum absolute atomic E-state index is 4.60. The molecule has 0 bridgehead atoms. The molecule has 0 amide bonds. The summed E-state index contributed by atoms with van der Waals surface area (Å²) in [6.45, 7) is 5.22. The van der Waals surface area contributed by atoms with Crippen molar-refractivity contribution in [2.45, 2.75) is 31.3 Å². The van der Waals surface area contributed by atoms with E-state index in [2.05, 4.69) is 33.2 Å². The number of hydrogen-bond acceptors (Lipinski definition) is 5. The van der Waals surface area contributed by atoms with Gasteiger partial charge in [0.15, 0.2) is 5.16 Å². The molecule has 94 valence electrons. The number of piperidine rings is 1. The smallest absolute Gasteiger partial charge is 0.191 e. The fourth-order valence-corrected chi connectivity index (χ4v) is 2.44. The minimum Gasteiger partial charge on any atom is -0.370 e. The van der Waals surface area contributed by atoms with E-state index in [4.69, 9.17) is 0 Å². The van der Waals surface area contributed by atoms with E-state index in [1.165, 1.54) is 19.3 Å². The number of nitrogens with zero attached hydrogens (tertiary/aromatic N) is 3. The van der Waals surface area contributed by atoms with E-state index in [0.717, 1.165) is 36.4 Å². The molecular weight excluding hydrogens is 232 g/mol. The second-order valence-corrected chi connectivity index (χ2v) is 4.95. The fraction of sp³-hybridized carbons (Fsp3) is 0.667. The number of rotatable bonds is 4. The Morgan fingerprint density at radius 1 is 1.29 bits per heavy atom. The molecule has 1 aromatic heterocycles. The molecule has 1 saturated heterocycles. The lowest BCUT2D eigenvalue weighted by atomic mass is 10.1. The molecule has 4 nitrogen and oxygen atoms in total. The van der Waals surface area contributed by atoms with Gasteiger partial charge in [-0.2, -0.15) is 0 Å². The van der Waals surface area contributed by atoms with Crippen molar-refractivity contribution >= 4 is 23.4 Å². The first kappa shape index (κ1) is 12.5. The van der Waals surface area contributed by atoms with Crippen LogP contribution in [0.5, 0.6) is 0 Å². The van der Waals surface area contributed by atoms with Crippen LogP contribution in [-0.4, -0.2) is 35.9 Å². The van der Waals surface area contributed by atoms with Crippen molar-refractivity contribution in [3.05, 3.63) is 6.07 Å². The van der Waals surface area contributed by atoms with Gasteiger partial charge < -0.3 is 10.2 Å². The Morgan fingerprint density at radius 2 is 2.06 bits per heavy atom. The Bertz CT molecular complexity index is 364. The zero-order chi connectivity index (χ0) is 12.1. The van der Waals surface area contributed by atoms with Gasteiger partial charge in [0, 0.05) is 25.7 Å². The van der Waals surface area contributed by atoms with Crippen LogP contribution in [0.1, 0.15) is 26.2 Å². The molecule has 2 rings (SSSR count). The molecule has 1 fully saturated rings. The number of nitrogens with one attached hydrogen (secondary N) is 1. The van der Waals surface area contributed by atoms with E-state index in [1.807, 2.05) is 6.26 Å². The van der Waals surface area contributed by atoms with Crippen molar-refractivity contribution in [1.82, 2.24) is 9.97 Å².